The number of nitrogens with zero attached hydrogens (tertiary/aromatic N) is 2. The molecule has 2 aromatic carbocycles. The zero-order valence-corrected chi connectivity index (χ0v) is 20.1. The van der Waals surface area contributed by atoms with E-state index in [1.54, 1.807) is 22.8 Å². The molecular weight excluding hydrogens is 439 g/mol. The van der Waals surface area contributed by atoms with Crippen LogP contribution in [0.5, 0.6) is 0 Å². The van der Waals surface area contributed by atoms with Gasteiger partial charge < -0.3 is 9.47 Å². The molecule has 5 nitrogen and oxygen atoms in total. The molecule has 1 aliphatic rings. The summed E-state index contributed by atoms with van der Waals surface area (Å²) in [6.07, 6.45) is 7.11. The van der Waals surface area contributed by atoms with E-state index in [-0.39, 0.29) is 15.2 Å². The van der Waals surface area contributed by atoms with E-state index in [2.05, 4.69) is 6.92 Å². The maximum atomic E-state index is 15.2. The van der Waals surface area contributed by atoms with Gasteiger partial charge in [0.15, 0.2) is 0 Å². The second-order valence-corrected chi connectivity index (χ2v) is 10.7. The SMILES string of the molecule is CCCCn1cc(S(=O)(=O)c2ccc(CC)cc2)c(=O)c2cc(F)c(N3CCCCC3)cc21. The second kappa shape index (κ2) is 9.67. The van der Waals surface area contributed by atoms with Gasteiger partial charge >= 0.3 is 0 Å². The maximum Gasteiger partial charge on any atom is 0.211 e. The van der Waals surface area contributed by atoms with Crippen molar-refractivity contribution in [1.29, 1.82) is 0 Å². The molecule has 1 fully saturated rings. The fourth-order valence-electron chi connectivity index (χ4n) is 4.49. The summed E-state index contributed by atoms with van der Waals surface area (Å²) < 4.78 is 43.8. The number of anilines is 1. The molecule has 1 aromatic heterocycles. The minimum Gasteiger partial charge on any atom is -0.369 e. The standard InChI is InChI=1S/C26H31FN2O3S/c1-3-5-13-29-18-25(33(31,32)20-11-9-19(4-2)10-12-20)26(30)21-16-22(27)24(17-23(21)29)28-14-7-6-8-15-28/h9-12,16-18H,3-8,13-15H2,1-2H3. The molecule has 0 unspecified atom stereocenters. The lowest BCUT2D eigenvalue weighted by Crippen LogP contribution is -2.30. The van der Waals surface area contributed by atoms with Gasteiger partial charge in [-0.05, 0) is 61.9 Å². The van der Waals surface area contributed by atoms with Crippen LogP contribution in [0.1, 0.15) is 51.5 Å². The number of hydrogen-bond donors (Lipinski definition) is 0. The molecule has 0 aliphatic carbocycles. The van der Waals surface area contributed by atoms with E-state index in [1.165, 1.54) is 24.4 Å². The number of unbranched alkanes of at least 4 members (excludes halogenated alkanes) is 1. The van der Waals surface area contributed by atoms with Crippen LogP contribution in [-0.2, 0) is 22.8 Å². The van der Waals surface area contributed by atoms with Crippen molar-refractivity contribution in [3.05, 3.63) is 64.2 Å². The number of aromatic nitrogens is 1. The molecule has 0 atom stereocenters. The van der Waals surface area contributed by atoms with Gasteiger partial charge in [-0.1, -0.05) is 32.4 Å². The van der Waals surface area contributed by atoms with Crippen LogP contribution in [0.25, 0.3) is 10.9 Å². The first kappa shape index (κ1) is 23.5. The molecule has 0 bridgehead atoms. The number of hydrogen-bond acceptors (Lipinski definition) is 4. The monoisotopic (exact) mass is 470 g/mol. The molecule has 4 rings (SSSR count). The summed E-state index contributed by atoms with van der Waals surface area (Å²) >= 11 is 0. The Balaban J connectivity index is 1.90. The number of rotatable bonds is 7. The summed E-state index contributed by atoms with van der Waals surface area (Å²) in [5.74, 6) is -0.481. The van der Waals surface area contributed by atoms with E-state index in [0.29, 0.717) is 17.7 Å². The number of fused-ring (bicyclic) bond motifs is 1. The molecule has 33 heavy (non-hydrogen) atoms. The summed E-state index contributed by atoms with van der Waals surface area (Å²) in [5.41, 5.74) is 1.43. The Morgan fingerprint density at radius 3 is 2.33 bits per heavy atom. The largest absolute Gasteiger partial charge is 0.369 e. The molecule has 1 saturated heterocycles. The molecule has 3 aromatic rings. The third-order valence-corrected chi connectivity index (χ3v) is 8.26. The molecule has 1 aliphatic heterocycles. The Morgan fingerprint density at radius 2 is 1.70 bits per heavy atom. The van der Waals surface area contributed by atoms with Crippen LogP contribution in [0.15, 0.2) is 57.2 Å². The van der Waals surface area contributed by atoms with Crippen LogP contribution >= 0.6 is 0 Å². The molecule has 0 N–H and O–H groups in total. The predicted molar refractivity (Wildman–Crippen MR) is 130 cm³/mol. The van der Waals surface area contributed by atoms with Crippen LogP contribution in [0.2, 0.25) is 0 Å². The molecule has 176 valence electrons. The fourth-order valence-corrected chi connectivity index (χ4v) is 5.85. The normalized spacial score (nSPS) is 14.7. The molecule has 0 spiro atoms. The van der Waals surface area contributed by atoms with E-state index < -0.39 is 21.1 Å². The zero-order chi connectivity index (χ0) is 23.6. The quantitative estimate of drug-likeness (QED) is 0.469. The topological polar surface area (TPSA) is 59.4 Å². The van der Waals surface area contributed by atoms with Gasteiger partial charge in [0.1, 0.15) is 10.7 Å². The van der Waals surface area contributed by atoms with E-state index in [1.807, 2.05) is 11.8 Å². The highest BCUT2D eigenvalue weighted by Crippen LogP contribution is 2.29. The molecule has 2 heterocycles. The second-order valence-electron chi connectivity index (χ2n) is 8.74. The Hall–Kier alpha value is -2.67. The maximum absolute atomic E-state index is 15.2. The number of pyridine rings is 1. The van der Waals surface area contributed by atoms with Crippen molar-refractivity contribution in [3.63, 3.8) is 0 Å². The minimum absolute atomic E-state index is 0.0728. The number of piperidine rings is 1. The van der Waals surface area contributed by atoms with Gasteiger partial charge in [0.05, 0.1) is 21.5 Å². The molecular formula is C26H31FN2O3S. The number of sulfone groups is 1. The molecule has 7 heteroatoms. The van der Waals surface area contributed by atoms with Crippen LogP contribution in [0, 0.1) is 5.82 Å². The first-order valence-corrected chi connectivity index (χ1v) is 13.3. The van der Waals surface area contributed by atoms with E-state index in [0.717, 1.165) is 57.2 Å². The van der Waals surface area contributed by atoms with E-state index in [4.69, 9.17) is 0 Å². The number of halogens is 1. The van der Waals surface area contributed by atoms with Crippen molar-refractivity contribution in [2.75, 3.05) is 18.0 Å². The lowest BCUT2D eigenvalue weighted by molar-refractivity contribution is 0.557. The smallest absolute Gasteiger partial charge is 0.211 e. The molecule has 0 saturated carbocycles. The van der Waals surface area contributed by atoms with Gasteiger partial charge in [0, 0.05) is 25.8 Å². The highest BCUT2D eigenvalue weighted by atomic mass is 32.2. The van der Waals surface area contributed by atoms with E-state index in [9.17, 15) is 13.2 Å². The third-order valence-electron chi connectivity index (χ3n) is 6.50. The van der Waals surface area contributed by atoms with Gasteiger partial charge in [-0.3, -0.25) is 4.79 Å². The average molecular weight is 471 g/mol. The van der Waals surface area contributed by atoms with Crippen molar-refractivity contribution in [2.24, 2.45) is 0 Å². The van der Waals surface area contributed by atoms with Gasteiger partial charge in [-0.25, -0.2) is 12.8 Å². The lowest BCUT2D eigenvalue weighted by Gasteiger charge is -2.29. The van der Waals surface area contributed by atoms with Crippen LogP contribution in [0.3, 0.4) is 0 Å². The van der Waals surface area contributed by atoms with Gasteiger partial charge in [0.25, 0.3) is 0 Å². The van der Waals surface area contributed by atoms with Gasteiger partial charge in [-0.2, -0.15) is 0 Å². The van der Waals surface area contributed by atoms with Crippen LogP contribution in [0.4, 0.5) is 10.1 Å². The van der Waals surface area contributed by atoms with Gasteiger partial charge in [0.2, 0.25) is 15.3 Å². The van der Waals surface area contributed by atoms with Crippen molar-refractivity contribution >= 4 is 26.4 Å². The summed E-state index contributed by atoms with van der Waals surface area (Å²) in [7, 11) is -4.04. The molecule has 0 radical (unpaired) electrons. The van der Waals surface area contributed by atoms with E-state index >= 15 is 4.39 Å². The summed E-state index contributed by atoms with van der Waals surface area (Å²) in [6, 6.07) is 9.54. The number of benzene rings is 2. The zero-order valence-electron chi connectivity index (χ0n) is 19.3. The first-order chi connectivity index (χ1) is 15.9. The predicted octanol–water partition coefficient (Wildman–Crippen LogP) is 5.33. The van der Waals surface area contributed by atoms with Crippen molar-refractivity contribution < 1.29 is 12.8 Å². The lowest BCUT2D eigenvalue weighted by atomic mass is 10.1. The average Bonchev–Trinajstić information content (AvgIpc) is 2.84. The summed E-state index contributed by atoms with van der Waals surface area (Å²) in [6.45, 7) is 6.15. The van der Waals surface area contributed by atoms with Crippen molar-refractivity contribution in [1.82, 2.24) is 4.57 Å². The Morgan fingerprint density at radius 1 is 1.00 bits per heavy atom. The highest BCUT2D eigenvalue weighted by Gasteiger charge is 2.25. The Labute approximate surface area is 194 Å². The number of aryl methyl sites for hydroxylation is 2. The van der Waals surface area contributed by atoms with Crippen LogP contribution < -0.4 is 10.3 Å². The minimum atomic E-state index is -4.04. The van der Waals surface area contributed by atoms with Crippen molar-refractivity contribution in [2.45, 2.75) is 68.7 Å². The first-order valence-electron chi connectivity index (χ1n) is 11.8. The van der Waals surface area contributed by atoms with Crippen molar-refractivity contribution in [3.8, 4) is 0 Å². The Kier molecular flexibility index (Phi) is 6.88. The van der Waals surface area contributed by atoms with Crippen LogP contribution in [-0.4, -0.2) is 26.1 Å². The highest BCUT2D eigenvalue weighted by molar-refractivity contribution is 7.91. The summed E-state index contributed by atoms with van der Waals surface area (Å²) in [5, 5.41) is 0.107. The van der Waals surface area contributed by atoms with Gasteiger partial charge in [-0.15, -0.1) is 0 Å². The Bertz CT molecular complexity index is 1310. The third kappa shape index (κ3) is 4.56. The molecule has 0 amide bonds. The summed E-state index contributed by atoms with van der Waals surface area (Å²) in [4.78, 5) is 15.2. The fraction of sp³-hybridized carbons (Fsp3) is 0.423.